The van der Waals surface area contributed by atoms with Crippen LogP contribution in [0.2, 0.25) is 0 Å². The predicted molar refractivity (Wildman–Crippen MR) is 88.4 cm³/mol. The summed E-state index contributed by atoms with van der Waals surface area (Å²) in [4.78, 5) is 12.3. The lowest BCUT2D eigenvalue weighted by Gasteiger charge is -2.19. The van der Waals surface area contributed by atoms with Crippen molar-refractivity contribution in [2.75, 3.05) is 12.4 Å². The average Bonchev–Trinajstić information content (AvgIpc) is 2.55. The van der Waals surface area contributed by atoms with Gasteiger partial charge in [-0.15, -0.1) is 0 Å². The van der Waals surface area contributed by atoms with E-state index in [9.17, 15) is 4.79 Å². The Hall–Kier alpha value is -2.29. The number of ether oxygens (including phenoxy) is 1. The molecule has 3 rings (SSSR count). The van der Waals surface area contributed by atoms with Gasteiger partial charge in [0, 0.05) is 5.69 Å². The van der Waals surface area contributed by atoms with Crippen molar-refractivity contribution in [1.82, 2.24) is 0 Å². The van der Waals surface area contributed by atoms with Crippen LogP contribution in [-0.2, 0) is 24.1 Å². The summed E-state index contributed by atoms with van der Waals surface area (Å²) in [5.41, 5.74) is 4.63. The van der Waals surface area contributed by atoms with Crippen molar-refractivity contribution >= 4 is 11.6 Å². The molecule has 0 atom stereocenters. The van der Waals surface area contributed by atoms with Crippen molar-refractivity contribution in [3.8, 4) is 5.75 Å². The number of carbonyl (C=O) groups excluding carboxylic acids is 1. The Morgan fingerprint density at radius 1 is 1.14 bits per heavy atom. The van der Waals surface area contributed by atoms with E-state index < -0.39 is 0 Å². The Kier molecular flexibility index (Phi) is 4.42. The van der Waals surface area contributed by atoms with Crippen LogP contribution in [0.1, 0.15) is 29.5 Å². The van der Waals surface area contributed by atoms with E-state index in [1.165, 1.54) is 24.0 Å². The standard InChI is InChI=1S/C19H21NO2/c1-22-16-9-4-6-14(12-16)13-19(21)20-18-11-5-8-15-7-2-3-10-17(15)18/h4-6,8-9,11-12H,2-3,7,10,13H2,1H3,(H,20,21). The van der Waals surface area contributed by atoms with Crippen LogP contribution in [0, 0.1) is 0 Å². The largest absolute Gasteiger partial charge is 0.497 e. The molecule has 1 aliphatic carbocycles. The van der Waals surface area contributed by atoms with Crippen LogP contribution >= 0.6 is 0 Å². The first-order chi connectivity index (χ1) is 10.8. The lowest BCUT2D eigenvalue weighted by molar-refractivity contribution is -0.115. The smallest absolute Gasteiger partial charge is 0.228 e. The fourth-order valence-electron chi connectivity index (χ4n) is 3.06. The van der Waals surface area contributed by atoms with E-state index in [-0.39, 0.29) is 5.91 Å². The number of amides is 1. The van der Waals surface area contributed by atoms with Gasteiger partial charge in [-0.3, -0.25) is 4.79 Å². The highest BCUT2D eigenvalue weighted by atomic mass is 16.5. The van der Waals surface area contributed by atoms with Gasteiger partial charge in [-0.2, -0.15) is 0 Å². The Morgan fingerprint density at radius 3 is 2.82 bits per heavy atom. The van der Waals surface area contributed by atoms with Gasteiger partial charge in [-0.05, 0) is 60.6 Å². The molecule has 0 aromatic heterocycles. The van der Waals surface area contributed by atoms with Crippen LogP contribution in [0.5, 0.6) is 5.75 Å². The van der Waals surface area contributed by atoms with Gasteiger partial charge in [0.05, 0.1) is 13.5 Å². The van der Waals surface area contributed by atoms with Crippen LogP contribution in [-0.4, -0.2) is 13.0 Å². The van der Waals surface area contributed by atoms with Crippen LogP contribution in [0.3, 0.4) is 0 Å². The molecule has 1 aliphatic rings. The number of aryl methyl sites for hydroxylation is 1. The van der Waals surface area contributed by atoms with Crippen molar-refractivity contribution < 1.29 is 9.53 Å². The van der Waals surface area contributed by atoms with E-state index in [1.807, 2.05) is 36.4 Å². The second-order valence-corrected chi connectivity index (χ2v) is 5.73. The number of carbonyl (C=O) groups is 1. The summed E-state index contributed by atoms with van der Waals surface area (Å²) < 4.78 is 5.20. The van der Waals surface area contributed by atoms with Gasteiger partial charge in [0.1, 0.15) is 5.75 Å². The van der Waals surface area contributed by atoms with Gasteiger partial charge in [0.2, 0.25) is 5.91 Å². The number of hydrogen-bond acceptors (Lipinski definition) is 2. The number of fused-ring (bicyclic) bond motifs is 1. The molecule has 3 nitrogen and oxygen atoms in total. The molecule has 1 N–H and O–H groups in total. The molecular weight excluding hydrogens is 274 g/mol. The molecule has 0 spiro atoms. The van der Waals surface area contributed by atoms with Crippen LogP contribution in [0.15, 0.2) is 42.5 Å². The maximum absolute atomic E-state index is 12.3. The molecule has 0 heterocycles. The van der Waals surface area contributed by atoms with E-state index in [4.69, 9.17) is 4.74 Å². The zero-order valence-electron chi connectivity index (χ0n) is 12.9. The third-order valence-corrected chi connectivity index (χ3v) is 4.17. The van der Waals surface area contributed by atoms with E-state index in [1.54, 1.807) is 7.11 Å². The number of nitrogens with one attached hydrogen (secondary N) is 1. The SMILES string of the molecule is COc1cccc(CC(=O)Nc2cccc3c2CCCC3)c1. The third kappa shape index (κ3) is 3.30. The summed E-state index contributed by atoms with van der Waals surface area (Å²) in [5.74, 6) is 0.801. The molecule has 114 valence electrons. The van der Waals surface area contributed by atoms with E-state index >= 15 is 0 Å². The number of anilines is 1. The molecule has 0 saturated heterocycles. The zero-order valence-corrected chi connectivity index (χ0v) is 12.9. The fourth-order valence-corrected chi connectivity index (χ4v) is 3.06. The topological polar surface area (TPSA) is 38.3 Å². The summed E-state index contributed by atoms with van der Waals surface area (Å²) in [6.07, 6.45) is 4.99. The Bertz CT molecular complexity index is 679. The highest BCUT2D eigenvalue weighted by molar-refractivity contribution is 5.93. The highest BCUT2D eigenvalue weighted by Gasteiger charge is 2.14. The van der Waals surface area contributed by atoms with Crippen molar-refractivity contribution in [3.63, 3.8) is 0 Å². The molecule has 0 radical (unpaired) electrons. The quantitative estimate of drug-likeness (QED) is 0.932. The van der Waals surface area contributed by atoms with Gasteiger partial charge in [-0.25, -0.2) is 0 Å². The first-order valence-electron chi connectivity index (χ1n) is 7.80. The molecule has 0 saturated carbocycles. The predicted octanol–water partition coefficient (Wildman–Crippen LogP) is 3.76. The van der Waals surface area contributed by atoms with Crippen LogP contribution in [0.4, 0.5) is 5.69 Å². The van der Waals surface area contributed by atoms with Gasteiger partial charge < -0.3 is 10.1 Å². The minimum Gasteiger partial charge on any atom is -0.497 e. The Balaban J connectivity index is 1.72. The van der Waals surface area contributed by atoms with Gasteiger partial charge in [0.15, 0.2) is 0 Å². The van der Waals surface area contributed by atoms with Crippen molar-refractivity contribution in [3.05, 3.63) is 59.2 Å². The molecule has 0 fully saturated rings. The molecule has 3 heteroatoms. The molecule has 0 unspecified atom stereocenters. The van der Waals surface area contributed by atoms with E-state index in [2.05, 4.69) is 11.4 Å². The second kappa shape index (κ2) is 6.65. The maximum Gasteiger partial charge on any atom is 0.228 e. The normalized spacial score (nSPS) is 13.3. The summed E-state index contributed by atoms with van der Waals surface area (Å²) in [6.45, 7) is 0. The Morgan fingerprint density at radius 2 is 1.95 bits per heavy atom. The molecule has 2 aromatic carbocycles. The summed E-state index contributed by atoms with van der Waals surface area (Å²) in [7, 11) is 1.63. The van der Waals surface area contributed by atoms with Crippen molar-refractivity contribution in [2.24, 2.45) is 0 Å². The molecule has 22 heavy (non-hydrogen) atoms. The average molecular weight is 295 g/mol. The zero-order chi connectivity index (χ0) is 15.4. The Labute approximate surface area is 131 Å². The summed E-state index contributed by atoms with van der Waals surface area (Å²) >= 11 is 0. The molecule has 0 bridgehead atoms. The van der Waals surface area contributed by atoms with Crippen LogP contribution < -0.4 is 10.1 Å². The van der Waals surface area contributed by atoms with Crippen molar-refractivity contribution in [1.29, 1.82) is 0 Å². The van der Waals surface area contributed by atoms with Crippen LogP contribution in [0.25, 0.3) is 0 Å². The maximum atomic E-state index is 12.3. The monoisotopic (exact) mass is 295 g/mol. The highest BCUT2D eigenvalue weighted by Crippen LogP contribution is 2.28. The van der Waals surface area contributed by atoms with Gasteiger partial charge in [0.25, 0.3) is 0 Å². The van der Waals surface area contributed by atoms with Crippen molar-refractivity contribution in [2.45, 2.75) is 32.1 Å². The molecule has 2 aromatic rings. The number of rotatable bonds is 4. The van der Waals surface area contributed by atoms with E-state index in [0.717, 1.165) is 29.8 Å². The number of hydrogen-bond donors (Lipinski definition) is 1. The fraction of sp³-hybridized carbons (Fsp3) is 0.316. The van der Waals surface area contributed by atoms with E-state index in [0.29, 0.717) is 6.42 Å². The first kappa shape index (κ1) is 14.6. The minimum absolute atomic E-state index is 0.0206. The molecule has 1 amide bonds. The second-order valence-electron chi connectivity index (χ2n) is 5.73. The summed E-state index contributed by atoms with van der Waals surface area (Å²) in [6, 6.07) is 13.9. The lowest BCUT2D eigenvalue weighted by Crippen LogP contribution is -2.17. The minimum atomic E-state index is 0.0206. The summed E-state index contributed by atoms with van der Waals surface area (Å²) in [5, 5.41) is 3.08. The van der Waals surface area contributed by atoms with Gasteiger partial charge >= 0.3 is 0 Å². The number of methoxy groups -OCH3 is 1. The van der Waals surface area contributed by atoms with Gasteiger partial charge in [-0.1, -0.05) is 24.3 Å². The number of benzene rings is 2. The third-order valence-electron chi connectivity index (χ3n) is 4.17. The lowest BCUT2D eigenvalue weighted by atomic mass is 9.90. The molecule has 0 aliphatic heterocycles. The first-order valence-corrected chi connectivity index (χ1v) is 7.80. The molecular formula is C19H21NO2.